The summed E-state index contributed by atoms with van der Waals surface area (Å²) in [5.41, 5.74) is 2.30. The predicted molar refractivity (Wildman–Crippen MR) is 71.9 cm³/mol. The largest absolute Gasteiger partial charge is 0.483 e. The molecule has 3 nitrogen and oxygen atoms in total. The van der Waals surface area contributed by atoms with Crippen molar-refractivity contribution in [1.29, 1.82) is 0 Å². The molecule has 3 heteroatoms. The highest BCUT2D eigenvalue weighted by molar-refractivity contribution is 5.78. The first-order chi connectivity index (χ1) is 8.56. The van der Waals surface area contributed by atoms with E-state index in [0.29, 0.717) is 12.0 Å². The van der Waals surface area contributed by atoms with E-state index in [1.807, 2.05) is 19.1 Å². The van der Waals surface area contributed by atoms with E-state index in [4.69, 9.17) is 4.74 Å². The Kier molecular flexibility index (Phi) is 3.90. The van der Waals surface area contributed by atoms with Crippen molar-refractivity contribution in [2.24, 2.45) is 0 Å². The van der Waals surface area contributed by atoms with Gasteiger partial charge in [0, 0.05) is 6.04 Å². The Morgan fingerprint density at radius 1 is 1.44 bits per heavy atom. The number of rotatable bonds is 5. The van der Waals surface area contributed by atoms with E-state index < -0.39 is 0 Å². The van der Waals surface area contributed by atoms with Gasteiger partial charge in [-0.2, -0.15) is 0 Å². The van der Waals surface area contributed by atoms with Crippen LogP contribution >= 0.6 is 0 Å². The third-order valence-corrected chi connectivity index (χ3v) is 3.18. The molecule has 0 atom stereocenters. The second-order valence-electron chi connectivity index (χ2n) is 5.31. The molecule has 1 aromatic carbocycles. The molecule has 0 heterocycles. The van der Waals surface area contributed by atoms with Gasteiger partial charge in [0.2, 0.25) is 0 Å². The van der Waals surface area contributed by atoms with Gasteiger partial charge in [-0.3, -0.25) is 4.79 Å². The quantitative estimate of drug-likeness (QED) is 0.869. The van der Waals surface area contributed by atoms with Gasteiger partial charge in [0.25, 0.3) is 5.91 Å². The minimum Gasteiger partial charge on any atom is -0.483 e. The summed E-state index contributed by atoms with van der Waals surface area (Å²) in [6, 6.07) is 6.58. The number of hydrogen-bond acceptors (Lipinski definition) is 2. The number of nitrogens with one attached hydrogen (secondary N) is 1. The smallest absolute Gasteiger partial charge is 0.258 e. The summed E-state index contributed by atoms with van der Waals surface area (Å²) >= 11 is 0. The maximum absolute atomic E-state index is 11.6. The Bertz CT molecular complexity index is 436. The Balaban J connectivity index is 1.94. The highest BCUT2D eigenvalue weighted by Crippen LogP contribution is 2.24. The minimum absolute atomic E-state index is 0.0214. The highest BCUT2D eigenvalue weighted by Gasteiger charge is 2.23. The van der Waals surface area contributed by atoms with Crippen molar-refractivity contribution < 1.29 is 9.53 Å². The van der Waals surface area contributed by atoms with Crippen LogP contribution in [0, 0.1) is 6.92 Å². The van der Waals surface area contributed by atoms with E-state index in [1.54, 1.807) is 0 Å². The van der Waals surface area contributed by atoms with Crippen LogP contribution in [0.4, 0.5) is 0 Å². The lowest BCUT2D eigenvalue weighted by Crippen LogP contribution is -2.30. The molecule has 1 saturated carbocycles. The average Bonchev–Trinajstić information content (AvgIpc) is 3.11. The SMILES string of the molecule is Cc1ccc(C(C)C)cc1OCC(=O)NC1CC1. The summed E-state index contributed by atoms with van der Waals surface area (Å²) < 4.78 is 5.61. The number of benzene rings is 1. The van der Waals surface area contributed by atoms with Crippen LogP contribution in [0.5, 0.6) is 5.75 Å². The van der Waals surface area contributed by atoms with Crippen molar-refractivity contribution in [2.45, 2.75) is 45.6 Å². The van der Waals surface area contributed by atoms with Crippen molar-refractivity contribution in [2.75, 3.05) is 6.61 Å². The van der Waals surface area contributed by atoms with E-state index in [1.165, 1.54) is 5.56 Å². The predicted octanol–water partition coefficient (Wildman–Crippen LogP) is 2.78. The van der Waals surface area contributed by atoms with Crippen LogP contribution in [0.15, 0.2) is 18.2 Å². The molecule has 1 aliphatic rings. The van der Waals surface area contributed by atoms with Crippen LogP contribution in [0.3, 0.4) is 0 Å². The zero-order chi connectivity index (χ0) is 13.1. The van der Waals surface area contributed by atoms with E-state index in [0.717, 1.165) is 24.2 Å². The standard InChI is InChI=1S/C15H21NO2/c1-10(2)12-5-4-11(3)14(8-12)18-9-15(17)16-13-6-7-13/h4-5,8,10,13H,6-7,9H2,1-3H3,(H,16,17). The van der Waals surface area contributed by atoms with Crippen molar-refractivity contribution >= 4 is 5.91 Å². The summed E-state index contributed by atoms with van der Waals surface area (Å²) in [6.07, 6.45) is 2.21. The highest BCUT2D eigenvalue weighted by atomic mass is 16.5. The van der Waals surface area contributed by atoms with Gasteiger partial charge in [-0.1, -0.05) is 26.0 Å². The van der Waals surface area contributed by atoms with Crippen molar-refractivity contribution in [3.05, 3.63) is 29.3 Å². The number of carbonyl (C=O) groups is 1. The number of aryl methyl sites for hydroxylation is 1. The van der Waals surface area contributed by atoms with Crippen LogP contribution in [-0.4, -0.2) is 18.6 Å². The summed E-state index contributed by atoms with van der Waals surface area (Å²) in [4.78, 5) is 11.6. The zero-order valence-corrected chi connectivity index (χ0v) is 11.3. The molecule has 0 aromatic heterocycles. The molecule has 0 spiro atoms. The molecule has 1 amide bonds. The van der Waals surface area contributed by atoms with Crippen LogP contribution in [0.1, 0.15) is 43.7 Å². The third-order valence-electron chi connectivity index (χ3n) is 3.18. The van der Waals surface area contributed by atoms with Gasteiger partial charge in [-0.15, -0.1) is 0 Å². The van der Waals surface area contributed by atoms with Crippen LogP contribution in [0.25, 0.3) is 0 Å². The molecule has 1 fully saturated rings. The molecule has 1 aliphatic carbocycles. The molecule has 98 valence electrons. The van der Waals surface area contributed by atoms with Gasteiger partial charge in [0.1, 0.15) is 5.75 Å². The lowest BCUT2D eigenvalue weighted by molar-refractivity contribution is -0.123. The summed E-state index contributed by atoms with van der Waals surface area (Å²) in [6.45, 7) is 6.40. The first kappa shape index (κ1) is 12.9. The lowest BCUT2D eigenvalue weighted by atomic mass is 10.0. The minimum atomic E-state index is -0.0214. The lowest BCUT2D eigenvalue weighted by Gasteiger charge is -2.12. The van der Waals surface area contributed by atoms with Gasteiger partial charge in [-0.05, 0) is 42.9 Å². The molecule has 2 rings (SSSR count). The maximum atomic E-state index is 11.6. The fourth-order valence-electron chi connectivity index (χ4n) is 1.77. The summed E-state index contributed by atoms with van der Waals surface area (Å²) in [5.74, 6) is 1.26. The molecule has 1 N–H and O–H groups in total. The Hall–Kier alpha value is -1.51. The molecule has 0 unspecified atom stereocenters. The fraction of sp³-hybridized carbons (Fsp3) is 0.533. The summed E-state index contributed by atoms with van der Waals surface area (Å²) in [7, 11) is 0. The third kappa shape index (κ3) is 3.49. The van der Waals surface area contributed by atoms with E-state index in [2.05, 4.69) is 25.2 Å². The Morgan fingerprint density at radius 3 is 2.78 bits per heavy atom. The Labute approximate surface area is 109 Å². The van der Waals surface area contributed by atoms with Gasteiger partial charge < -0.3 is 10.1 Å². The van der Waals surface area contributed by atoms with Crippen LogP contribution < -0.4 is 10.1 Å². The van der Waals surface area contributed by atoms with E-state index >= 15 is 0 Å². The zero-order valence-electron chi connectivity index (χ0n) is 11.3. The van der Waals surface area contributed by atoms with E-state index in [-0.39, 0.29) is 12.5 Å². The topological polar surface area (TPSA) is 38.3 Å². The monoisotopic (exact) mass is 247 g/mol. The van der Waals surface area contributed by atoms with Crippen molar-refractivity contribution in [1.82, 2.24) is 5.32 Å². The second-order valence-corrected chi connectivity index (χ2v) is 5.31. The molecule has 18 heavy (non-hydrogen) atoms. The maximum Gasteiger partial charge on any atom is 0.258 e. The van der Waals surface area contributed by atoms with Gasteiger partial charge in [0.05, 0.1) is 0 Å². The second kappa shape index (κ2) is 5.42. The van der Waals surface area contributed by atoms with Gasteiger partial charge >= 0.3 is 0 Å². The first-order valence-electron chi connectivity index (χ1n) is 6.59. The van der Waals surface area contributed by atoms with Crippen LogP contribution in [-0.2, 0) is 4.79 Å². The first-order valence-corrected chi connectivity index (χ1v) is 6.59. The van der Waals surface area contributed by atoms with E-state index in [9.17, 15) is 4.79 Å². The van der Waals surface area contributed by atoms with Gasteiger partial charge in [-0.25, -0.2) is 0 Å². The van der Waals surface area contributed by atoms with Gasteiger partial charge in [0.15, 0.2) is 6.61 Å². The normalized spacial score (nSPS) is 14.7. The molecular formula is C15H21NO2. The molecule has 0 radical (unpaired) electrons. The molecular weight excluding hydrogens is 226 g/mol. The molecule has 0 aliphatic heterocycles. The number of carbonyl (C=O) groups excluding carboxylic acids is 1. The Morgan fingerprint density at radius 2 is 2.17 bits per heavy atom. The van der Waals surface area contributed by atoms with Crippen LogP contribution in [0.2, 0.25) is 0 Å². The fourth-order valence-corrected chi connectivity index (χ4v) is 1.77. The average molecular weight is 247 g/mol. The molecule has 0 bridgehead atoms. The number of ether oxygens (including phenoxy) is 1. The summed E-state index contributed by atoms with van der Waals surface area (Å²) in [5, 5.41) is 2.92. The number of amides is 1. The van der Waals surface area contributed by atoms with Crippen molar-refractivity contribution in [3.63, 3.8) is 0 Å². The number of hydrogen-bond donors (Lipinski definition) is 1. The molecule has 0 saturated heterocycles. The molecule has 1 aromatic rings. The van der Waals surface area contributed by atoms with Crippen molar-refractivity contribution in [3.8, 4) is 5.75 Å².